The summed E-state index contributed by atoms with van der Waals surface area (Å²) in [5.74, 6) is 0.0700. The summed E-state index contributed by atoms with van der Waals surface area (Å²) in [7, 11) is 2.07. The van der Waals surface area contributed by atoms with E-state index in [0.29, 0.717) is 12.6 Å². The SMILES string of the molecule is Cn1cccc1[C@@H]1COCCN1CC[C@@H]1CCOC1=O. The molecule has 0 bridgehead atoms. The molecule has 0 unspecified atom stereocenters. The minimum absolute atomic E-state index is 0.0197. The van der Waals surface area contributed by atoms with Crippen LogP contribution in [0.2, 0.25) is 0 Å². The number of esters is 1. The van der Waals surface area contributed by atoms with Gasteiger partial charge in [0, 0.05) is 25.5 Å². The predicted octanol–water partition coefficient (Wildman–Crippen LogP) is 1.35. The van der Waals surface area contributed by atoms with Crippen molar-refractivity contribution in [2.75, 3.05) is 32.9 Å². The van der Waals surface area contributed by atoms with Crippen LogP contribution >= 0.6 is 0 Å². The van der Waals surface area contributed by atoms with E-state index in [1.54, 1.807) is 0 Å². The van der Waals surface area contributed by atoms with Crippen LogP contribution in [0.3, 0.4) is 0 Å². The average Bonchev–Trinajstić information content (AvgIpc) is 3.06. The molecule has 110 valence electrons. The van der Waals surface area contributed by atoms with Crippen molar-refractivity contribution in [3.63, 3.8) is 0 Å². The second kappa shape index (κ2) is 5.97. The van der Waals surface area contributed by atoms with Gasteiger partial charge in [-0.05, 0) is 31.5 Å². The quantitative estimate of drug-likeness (QED) is 0.780. The van der Waals surface area contributed by atoms with Gasteiger partial charge in [0.15, 0.2) is 0 Å². The molecule has 2 saturated heterocycles. The molecule has 2 aliphatic heterocycles. The zero-order valence-corrected chi connectivity index (χ0v) is 12.0. The van der Waals surface area contributed by atoms with Crippen LogP contribution in [0.1, 0.15) is 24.6 Å². The molecule has 0 aromatic carbocycles. The third-order valence-electron chi connectivity index (χ3n) is 4.37. The number of hydrogen-bond donors (Lipinski definition) is 0. The molecule has 0 aliphatic carbocycles. The molecule has 1 aromatic rings. The van der Waals surface area contributed by atoms with Gasteiger partial charge in [-0.1, -0.05) is 0 Å². The molecule has 2 aliphatic rings. The Bertz CT molecular complexity index is 471. The lowest BCUT2D eigenvalue weighted by molar-refractivity contribution is -0.141. The summed E-state index contributed by atoms with van der Waals surface area (Å²) in [6.07, 6.45) is 3.83. The molecule has 0 saturated carbocycles. The van der Waals surface area contributed by atoms with Crippen LogP contribution in [0.5, 0.6) is 0 Å². The van der Waals surface area contributed by atoms with Crippen molar-refractivity contribution in [2.24, 2.45) is 13.0 Å². The Labute approximate surface area is 119 Å². The van der Waals surface area contributed by atoms with Crippen LogP contribution in [0.25, 0.3) is 0 Å². The van der Waals surface area contributed by atoms with Crippen molar-refractivity contribution >= 4 is 5.97 Å². The molecule has 0 amide bonds. The van der Waals surface area contributed by atoms with Crippen LogP contribution in [-0.4, -0.2) is 48.3 Å². The first-order valence-electron chi connectivity index (χ1n) is 7.35. The average molecular weight is 278 g/mol. The highest BCUT2D eigenvalue weighted by Crippen LogP contribution is 2.26. The van der Waals surface area contributed by atoms with Gasteiger partial charge in [-0.2, -0.15) is 0 Å². The third-order valence-corrected chi connectivity index (χ3v) is 4.37. The summed E-state index contributed by atoms with van der Waals surface area (Å²) in [4.78, 5) is 14.0. The topological polar surface area (TPSA) is 43.7 Å². The number of nitrogens with zero attached hydrogens (tertiary/aromatic N) is 2. The van der Waals surface area contributed by atoms with Gasteiger partial charge in [0.25, 0.3) is 0 Å². The number of rotatable bonds is 4. The van der Waals surface area contributed by atoms with Crippen LogP contribution in [-0.2, 0) is 21.3 Å². The Morgan fingerprint density at radius 2 is 2.30 bits per heavy atom. The third kappa shape index (κ3) is 2.74. The van der Waals surface area contributed by atoms with E-state index in [9.17, 15) is 4.79 Å². The van der Waals surface area contributed by atoms with Crippen molar-refractivity contribution in [3.05, 3.63) is 24.0 Å². The number of hydrogen-bond acceptors (Lipinski definition) is 4. The van der Waals surface area contributed by atoms with Crippen LogP contribution in [0, 0.1) is 5.92 Å². The number of ether oxygens (including phenoxy) is 2. The van der Waals surface area contributed by atoms with Crippen molar-refractivity contribution in [3.8, 4) is 0 Å². The Morgan fingerprint density at radius 3 is 3.00 bits per heavy atom. The maximum Gasteiger partial charge on any atom is 0.309 e. The normalized spacial score (nSPS) is 27.8. The zero-order valence-electron chi connectivity index (χ0n) is 12.0. The summed E-state index contributed by atoms with van der Waals surface area (Å²) >= 11 is 0. The first kappa shape index (κ1) is 13.6. The fourth-order valence-corrected chi connectivity index (χ4v) is 3.12. The molecule has 5 nitrogen and oxygen atoms in total. The fraction of sp³-hybridized carbons (Fsp3) is 0.667. The maximum atomic E-state index is 11.5. The van der Waals surface area contributed by atoms with Crippen molar-refractivity contribution < 1.29 is 14.3 Å². The van der Waals surface area contributed by atoms with Gasteiger partial charge >= 0.3 is 5.97 Å². The summed E-state index contributed by atoms with van der Waals surface area (Å²) in [5, 5.41) is 0. The van der Waals surface area contributed by atoms with Gasteiger partial charge in [-0.15, -0.1) is 0 Å². The van der Waals surface area contributed by atoms with E-state index in [-0.39, 0.29) is 11.9 Å². The Morgan fingerprint density at radius 1 is 1.40 bits per heavy atom. The summed E-state index contributed by atoms with van der Waals surface area (Å²) in [6.45, 7) is 3.95. The monoisotopic (exact) mass is 278 g/mol. The predicted molar refractivity (Wildman–Crippen MR) is 74.2 cm³/mol. The number of aryl methyl sites for hydroxylation is 1. The fourth-order valence-electron chi connectivity index (χ4n) is 3.12. The van der Waals surface area contributed by atoms with E-state index < -0.39 is 0 Å². The number of aromatic nitrogens is 1. The Kier molecular flexibility index (Phi) is 4.08. The van der Waals surface area contributed by atoms with Crippen LogP contribution < -0.4 is 0 Å². The van der Waals surface area contributed by atoms with E-state index in [1.807, 2.05) is 0 Å². The van der Waals surface area contributed by atoms with Crippen molar-refractivity contribution in [1.82, 2.24) is 9.47 Å². The maximum absolute atomic E-state index is 11.5. The second-order valence-corrected chi connectivity index (χ2v) is 5.61. The lowest BCUT2D eigenvalue weighted by Gasteiger charge is -2.36. The molecular weight excluding hydrogens is 256 g/mol. The first-order chi connectivity index (χ1) is 9.75. The number of carbonyl (C=O) groups excluding carboxylic acids is 1. The van der Waals surface area contributed by atoms with Crippen molar-refractivity contribution in [1.29, 1.82) is 0 Å². The highest BCUT2D eigenvalue weighted by Gasteiger charge is 2.30. The Balaban J connectivity index is 1.63. The lowest BCUT2D eigenvalue weighted by atomic mass is 10.0. The minimum Gasteiger partial charge on any atom is -0.465 e. The van der Waals surface area contributed by atoms with Crippen LogP contribution in [0.15, 0.2) is 18.3 Å². The molecule has 3 heterocycles. The van der Waals surface area contributed by atoms with E-state index in [4.69, 9.17) is 9.47 Å². The molecule has 0 N–H and O–H groups in total. The summed E-state index contributed by atoms with van der Waals surface area (Å²) in [6, 6.07) is 4.51. The molecule has 1 aromatic heterocycles. The highest BCUT2D eigenvalue weighted by atomic mass is 16.5. The van der Waals surface area contributed by atoms with Gasteiger partial charge in [-0.3, -0.25) is 9.69 Å². The number of cyclic esters (lactones) is 1. The van der Waals surface area contributed by atoms with Gasteiger partial charge in [0.05, 0.1) is 31.8 Å². The smallest absolute Gasteiger partial charge is 0.309 e. The number of carbonyl (C=O) groups is 1. The minimum atomic E-state index is -0.0197. The van der Waals surface area contributed by atoms with Gasteiger partial charge in [0.1, 0.15) is 0 Å². The molecule has 20 heavy (non-hydrogen) atoms. The van der Waals surface area contributed by atoms with Gasteiger partial charge in [-0.25, -0.2) is 0 Å². The zero-order chi connectivity index (χ0) is 13.9. The van der Waals surface area contributed by atoms with Crippen LogP contribution in [0.4, 0.5) is 0 Å². The standard InChI is InChI=1S/C15H22N2O3/c1-16-6-2-3-13(16)14-11-19-10-8-17(14)7-4-12-5-9-20-15(12)18/h2-3,6,12,14H,4-5,7-11H2,1H3/t12-,14+/m1/s1. The summed E-state index contributed by atoms with van der Waals surface area (Å²) < 4.78 is 12.8. The van der Waals surface area contributed by atoms with E-state index in [2.05, 4.69) is 34.8 Å². The van der Waals surface area contributed by atoms with E-state index >= 15 is 0 Å². The van der Waals surface area contributed by atoms with Crippen molar-refractivity contribution in [2.45, 2.75) is 18.9 Å². The van der Waals surface area contributed by atoms with Gasteiger partial charge in [0.2, 0.25) is 0 Å². The molecule has 2 atom stereocenters. The largest absolute Gasteiger partial charge is 0.465 e. The highest BCUT2D eigenvalue weighted by molar-refractivity contribution is 5.74. The molecule has 0 radical (unpaired) electrons. The first-order valence-corrected chi connectivity index (χ1v) is 7.35. The second-order valence-electron chi connectivity index (χ2n) is 5.61. The Hall–Kier alpha value is -1.33. The lowest BCUT2D eigenvalue weighted by Crippen LogP contribution is -2.41. The van der Waals surface area contributed by atoms with E-state index in [1.165, 1.54) is 5.69 Å². The molecule has 3 rings (SSSR count). The number of morpholine rings is 1. The molecule has 2 fully saturated rings. The van der Waals surface area contributed by atoms with E-state index in [0.717, 1.165) is 39.1 Å². The molecular formula is C15H22N2O3. The van der Waals surface area contributed by atoms with Gasteiger partial charge < -0.3 is 14.0 Å². The summed E-state index contributed by atoms with van der Waals surface area (Å²) in [5.41, 5.74) is 1.28. The molecule has 5 heteroatoms. The molecule has 0 spiro atoms.